The fraction of sp³-hybridized carbons (Fsp3) is 0.214. The topological polar surface area (TPSA) is 22.1 Å². The summed E-state index contributed by atoms with van der Waals surface area (Å²) in [6, 6.07) is 9.66. The van der Waals surface area contributed by atoms with Gasteiger partial charge in [0.15, 0.2) is 0 Å². The van der Waals surface area contributed by atoms with Crippen LogP contribution in [-0.2, 0) is 12.3 Å². The van der Waals surface area contributed by atoms with Crippen molar-refractivity contribution >= 4 is 23.2 Å². The Kier molecular flexibility index (Phi) is 4.45. The molecule has 0 fully saturated rings. The van der Waals surface area contributed by atoms with Gasteiger partial charge in [-0.25, -0.2) is 4.98 Å². The van der Waals surface area contributed by atoms with Gasteiger partial charge < -0.3 is 4.74 Å². The second-order valence-corrected chi connectivity index (χ2v) is 4.49. The zero-order chi connectivity index (χ0) is 13.0. The maximum absolute atomic E-state index is 5.96. The predicted molar refractivity (Wildman–Crippen MR) is 74.7 cm³/mol. The van der Waals surface area contributed by atoms with Gasteiger partial charge in [0.1, 0.15) is 5.75 Å². The highest BCUT2D eigenvalue weighted by Crippen LogP contribution is 2.27. The zero-order valence-corrected chi connectivity index (χ0v) is 11.5. The molecule has 2 aromatic rings. The first kappa shape index (κ1) is 13.2. The van der Waals surface area contributed by atoms with Crippen LogP contribution in [0.15, 0.2) is 36.5 Å². The van der Waals surface area contributed by atoms with Crippen LogP contribution in [0.1, 0.15) is 18.1 Å². The number of aryl methyl sites for hydroxylation is 1. The van der Waals surface area contributed by atoms with Crippen LogP contribution in [0.25, 0.3) is 0 Å². The minimum Gasteiger partial charge on any atom is -0.439 e. The summed E-state index contributed by atoms with van der Waals surface area (Å²) >= 11 is 11.8. The van der Waals surface area contributed by atoms with E-state index in [1.54, 1.807) is 12.3 Å². The molecule has 0 bridgehead atoms. The van der Waals surface area contributed by atoms with Crippen LogP contribution < -0.4 is 4.74 Å². The van der Waals surface area contributed by atoms with Crippen molar-refractivity contribution in [1.29, 1.82) is 0 Å². The highest BCUT2D eigenvalue weighted by molar-refractivity contribution is 6.32. The first-order chi connectivity index (χ1) is 8.74. The average Bonchev–Trinajstić information content (AvgIpc) is 2.41. The fourth-order valence-corrected chi connectivity index (χ4v) is 2.08. The molecule has 0 radical (unpaired) electrons. The molecule has 0 amide bonds. The number of aromatic nitrogens is 1. The number of hydrogen-bond donors (Lipinski definition) is 0. The summed E-state index contributed by atoms with van der Waals surface area (Å²) in [5.74, 6) is 1.67. The largest absolute Gasteiger partial charge is 0.439 e. The smallest absolute Gasteiger partial charge is 0.219 e. The number of alkyl halides is 1. The molecule has 1 aromatic carbocycles. The SMILES string of the molecule is CCc1ccccc1Oc1cc(CCl)c(Cl)cn1. The molecule has 0 unspecified atom stereocenters. The maximum atomic E-state index is 5.96. The molecule has 1 heterocycles. The van der Waals surface area contributed by atoms with Gasteiger partial charge in [0.05, 0.1) is 5.02 Å². The Labute approximate surface area is 117 Å². The molecular weight excluding hydrogens is 269 g/mol. The number of nitrogens with zero attached hydrogens (tertiary/aromatic N) is 1. The summed E-state index contributed by atoms with van der Waals surface area (Å²) < 4.78 is 5.77. The van der Waals surface area contributed by atoms with E-state index in [9.17, 15) is 0 Å². The molecule has 18 heavy (non-hydrogen) atoms. The number of ether oxygens (including phenoxy) is 1. The maximum Gasteiger partial charge on any atom is 0.219 e. The van der Waals surface area contributed by atoms with Gasteiger partial charge in [0, 0.05) is 18.1 Å². The van der Waals surface area contributed by atoms with E-state index in [4.69, 9.17) is 27.9 Å². The number of para-hydroxylation sites is 1. The molecule has 0 aliphatic rings. The van der Waals surface area contributed by atoms with Crippen molar-refractivity contribution in [1.82, 2.24) is 4.98 Å². The van der Waals surface area contributed by atoms with Gasteiger partial charge in [-0.15, -0.1) is 11.6 Å². The molecule has 0 N–H and O–H groups in total. The molecule has 4 heteroatoms. The van der Waals surface area contributed by atoms with Crippen molar-refractivity contribution in [2.75, 3.05) is 0 Å². The summed E-state index contributed by atoms with van der Waals surface area (Å²) in [5, 5.41) is 0.557. The summed E-state index contributed by atoms with van der Waals surface area (Å²) in [4.78, 5) is 4.14. The van der Waals surface area contributed by atoms with Gasteiger partial charge in [-0.1, -0.05) is 36.7 Å². The van der Waals surface area contributed by atoms with E-state index in [1.807, 2.05) is 24.3 Å². The Morgan fingerprint density at radius 3 is 2.72 bits per heavy atom. The van der Waals surface area contributed by atoms with Crippen LogP contribution in [0.2, 0.25) is 5.02 Å². The number of hydrogen-bond acceptors (Lipinski definition) is 2. The number of rotatable bonds is 4. The monoisotopic (exact) mass is 281 g/mol. The van der Waals surface area contributed by atoms with Crippen LogP contribution in [0.3, 0.4) is 0 Å². The van der Waals surface area contributed by atoms with Gasteiger partial charge in [-0.05, 0) is 23.6 Å². The molecule has 0 aliphatic heterocycles. The van der Waals surface area contributed by atoms with Gasteiger partial charge >= 0.3 is 0 Å². The summed E-state index contributed by atoms with van der Waals surface area (Å²) in [6.45, 7) is 2.08. The second-order valence-electron chi connectivity index (χ2n) is 3.81. The Bertz CT molecular complexity index is 543. The van der Waals surface area contributed by atoms with E-state index in [1.165, 1.54) is 0 Å². The molecule has 0 atom stereocenters. The molecule has 0 spiro atoms. The molecule has 2 rings (SSSR count). The van der Waals surface area contributed by atoms with Gasteiger partial charge in [-0.2, -0.15) is 0 Å². The van der Waals surface area contributed by atoms with Crippen molar-refractivity contribution in [3.05, 3.63) is 52.7 Å². The quantitative estimate of drug-likeness (QED) is 0.749. The van der Waals surface area contributed by atoms with Crippen LogP contribution in [0.4, 0.5) is 0 Å². The summed E-state index contributed by atoms with van der Waals surface area (Å²) in [6.07, 6.45) is 2.47. The first-order valence-corrected chi connectivity index (χ1v) is 6.62. The minimum absolute atomic E-state index is 0.340. The standard InChI is InChI=1S/C14H13Cl2NO/c1-2-10-5-3-4-6-13(10)18-14-7-11(8-15)12(16)9-17-14/h3-7,9H,2,8H2,1H3. The third kappa shape index (κ3) is 2.95. The van der Waals surface area contributed by atoms with E-state index in [0.29, 0.717) is 16.8 Å². The van der Waals surface area contributed by atoms with Gasteiger partial charge in [0.2, 0.25) is 5.88 Å². The van der Waals surface area contributed by atoms with Crippen molar-refractivity contribution in [3.8, 4) is 11.6 Å². The number of halogens is 2. The van der Waals surface area contributed by atoms with E-state index in [2.05, 4.69) is 11.9 Å². The number of pyridine rings is 1. The Morgan fingerprint density at radius 2 is 2.00 bits per heavy atom. The lowest BCUT2D eigenvalue weighted by atomic mass is 10.1. The predicted octanol–water partition coefficient (Wildman–Crippen LogP) is 4.83. The molecule has 0 aliphatic carbocycles. The lowest BCUT2D eigenvalue weighted by molar-refractivity contribution is 0.457. The summed E-state index contributed by atoms with van der Waals surface area (Å²) in [7, 11) is 0. The first-order valence-electron chi connectivity index (χ1n) is 5.70. The molecule has 2 nitrogen and oxygen atoms in total. The third-order valence-corrected chi connectivity index (χ3v) is 3.25. The van der Waals surface area contributed by atoms with E-state index in [0.717, 1.165) is 23.3 Å². The lowest BCUT2D eigenvalue weighted by Crippen LogP contribution is -1.93. The average molecular weight is 282 g/mol. The van der Waals surface area contributed by atoms with Crippen LogP contribution in [0, 0.1) is 0 Å². The van der Waals surface area contributed by atoms with Gasteiger partial charge in [0.25, 0.3) is 0 Å². The van der Waals surface area contributed by atoms with E-state index in [-0.39, 0.29) is 0 Å². The molecule has 94 valence electrons. The Morgan fingerprint density at radius 1 is 1.22 bits per heavy atom. The molecule has 0 saturated carbocycles. The van der Waals surface area contributed by atoms with E-state index < -0.39 is 0 Å². The number of benzene rings is 1. The van der Waals surface area contributed by atoms with Crippen molar-refractivity contribution in [2.24, 2.45) is 0 Å². The van der Waals surface area contributed by atoms with Crippen molar-refractivity contribution < 1.29 is 4.74 Å². The van der Waals surface area contributed by atoms with Gasteiger partial charge in [-0.3, -0.25) is 0 Å². The van der Waals surface area contributed by atoms with Crippen LogP contribution >= 0.6 is 23.2 Å². The van der Waals surface area contributed by atoms with Crippen LogP contribution in [-0.4, -0.2) is 4.98 Å². The minimum atomic E-state index is 0.340. The molecular formula is C14H13Cl2NO. The van der Waals surface area contributed by atoms with Crippen molar-refractivity contribution in [3.63, 3.8) is 0 Å². The Hall–Kier alpha value is -1.25. The van der Waals surface area contributed by atoms with Crippen molar-refractivity contribution in [2.45, 2.75) is 19.2 Å². The highest BCUT2D eigenvalue weighted by atomic mass is 35.5. The lowest BCUT2D eigenvalue weighted by Gasteiger charge is -2.10. The highest BCUT2D eigenvalue weighted by Gasteiger charge is 2.06. The third-order valence-electron chi connectivity index (χ3n) is 2.62. The summed E-state index contributed by atoms with van der Waals surface area (Å²) in [5.41, 5.74) is 1.96. The van der Waals surface area contributed by atoms with Crippen LogP contribution in [0.5, 0.6) is 11.6 Å². The normalized spacial score (nSPS) is 10.4. The Balaban J connectivity index is 2.28. The van der Waals surface area contributed by atoms with E-state index >= 15 is 0 Å². The molecule has 0 saturated heterocycles. The fourth-order valence-electron chi connectivity index (χ4n) is 1.62. The zero-order valence-electron chi connectivity index (χ0n) is 9.99. The second kappa shape index (κ2) is 6.07. The molecule has 1 aromatic heterocycles.